The van der Waals surface area contributed by atoms with E-state index in [1.54, 1.807) is 0 Å². The smallest absolute Gasteiger partial charge is 0.116 e. The van der Waals surface area contributed by atoms with E-state index in [1.165, 1.54) is 6.92 Å². The number of carbonyl (C=O) groups excluding carboxylic acids is 1. The highest BCUT2D eigenvalue weighted by Gasteiger charge is 1.72. The molecule has 1 aliphatic carbocycles. The lowest BCUT2D eigenvalue weighted by molar-refractivity contribution is -0.106. The molecule has 0 saturated carbocycles. The van der Waals surface area contributed by atoms with E-state index in [9.17, 15) is 0 Å². The van der Waals surface area contributed by atoms with Crippen LogP contribution in [0.1, 0.15) is 27.2 Å². The van der Waals surface area contributed by atoms with Crippen molar-refractivity contribution in [1.29, 1.82) is 0 Å². The third-order valence-electron chi connectivity index (χ3n) is 0.655. The highest BCUT2D eigenvalue weighted by Crippen LogP contribution is 1.93. The van der Waals surface area contributed by atoms with Gasteiger partial charge in [-0.3, -0.25) is 0 Å². The van der Waals surface area contributed by atoms with E-state index in [0.29, 0.717) is 0 Å². The molecule has 0 aliphatic heterocycles. The molecule has 0 fully saturated rings. The lowest BCUT2D eigenvalue weighted by Crippen LogP contribution is -1.37. The minimum Gasteiger partial charge on any atom is -0.304 e. The average Bonchev–Trinajstić information content (AvgIpc) is 2.48. The van der Waals surface area contributed by atoms with Gasteiger partial charge in [-0.1, -0.05) is 38.2 Å². The Kier molecular flexibility index (Phi) is 18.7. The van der Waals surface area contributed by atoms with E-state index in [4.69, 9.17) is 4.79 Å². The van der Waals surface area contributed by atoms with Gasteiger partial charge in [0.15, 0.2) is 0 Å². The van der Waals surface area contributed by atoms with E-state index < -0.39 is 0 Å². The van der Waals surface area contributed by atoms with E-state index in [1.807, 2.05) is 13.8 Å². The van der Waals surface area contributed by atoms with Crippen LogP contribution in [0.15, 0.2) is 24.3 Å². The van der Waals surface area contributed by atoms with E-state index in [-0.39, 0.29) is 0 Å². The molecular weight excluding hydrogens is 124 g/mol. The summed E-state index contributed by atoms with van der Waals surface area (Å²) in [7, 11) is 0. The lowest BCUT2D eigenvalue weighted by atomic mass is 10.5. The zero-order valence-corrected chi connectivity index (χ0v) is 7.00. The number of hydrogen-bond acceptors (Lipinski definition) is 1. The summed E-state index contributed by atoms with van der Waals surface area (Å²) in [6.07, 6.45) is 10.2. The Morgan fingerprint density at radius 3 is 1.60 bits per heavy atom. The fourth-order valence-corrected chi connectivity index (χ4v) is 0.393. The number of aldehydes is 1. The summed E-state index contributed by atoms with van der Waals surface area (Å²) >= 11 is 0. The summed E-state index contributed by atoms with van der Waals surface area (Å²) < 4.78 is 0. The van der Waals surface area contributed by atoms with Gasteiger partial charge in [-0.25, -0.2) is 0 Å². The molecule has 1 nitrogen and oxygen atoms in total. The Bertz CT molecular complexity index is 91.3. The molecule has 0 saturated heterocycles. The largest absolute Gasteiger partial charge is 0.304 e. The van der Waals surface area contributed by atoms with Gasteiger partial charge in [0.05, 0.1) is 0 Å². The maximum absolute atomic E-state index is 8.81. The second kappa shape index (κ2) is 15.7. The molecule has 58 valence electrons. The second-order valence-electron chi connectivity index (χ2n) is 1.33. The van der Waals surface area contributed by atoms with Crippen molar-refractivity contribution in [1.82, 2.24) is 0 Å². The standard InChI is InChI=1S/C5H6.C2H4O.C2H6/c1-2-4-5-3-1;1-2-3;1-2/h1-4H,5H2;2H,1H3;1-2H3. The molecule has 0 N–H and O–H groups in total. The van der Waals surface area contributed by atoms with Crippen LogP contribution >= 0.6 is 0 Å². The van der Waals surface area contributed by atoms with Crippen molar-refractivity contribution in [2.45, 2.75) is 27.2 Å². The number of carbonyl (C=O) groups is 1. The van der Waals surface area contributed by atoms with Gasteiger partial charge in [-0.05, 0) is 13.3 Å². The van der Waals surface area contributed by atoms with Gasteiger partial charge >= 0.3 is 0 Å². The van der Waals surface area contributed by atoms with Gasteiger partial charge in [0, 0.05) is 0 Å². The normalized spacial score (nSPS) is 10.7. The molecular formula is C9H16O. The molecule has 1 heteroatoms. The monoisotopic (exact) mass is 140 g/mol. The maximum Gasteiger partial charge on any atom is 0.116 e. The van der Waals surface area contributed by atoms with Gasteiger partial charge in [0.25, 0.3) is 0 Å². The summed E-state index contributed by atoms with van der Waals surface area (Å²) in [5, 5.41) is 0. The quantitative estimate of drug-likeness (QED) is 0.473. The first-order valence-electron chi connectivity index (χ1n) is 3.63. The van der Waals surface area contributed by atoms with Crippen molar-refractivity contribution < 1.29 is 4.79 Å². The third-order valence-corrected chi connectivity index (χ3v) is 0.655. The van der Waals surface area contributed by atoms with Crippen LogP contribution in [0, 0.1) is 0 Å². The molecule has 0 aromatic carbocycles. The van der Waals surface area contributed by atoms with Crippen LogP contribution in [0.5, 0.6) is 0 Å². The van der Waals surface area contributed by atoms with Gasteiger partial charge in [0.1, 0.15) is 6.29 Å². The zero-order valence-electron chi connectivity index (χ0n) is 7.00. The molecule has 0 radical (unpaired) electrons. The first-order chi connectivity index (χ1) is 4.91. The van der Waals surface area contributed by atoms with Crippen molar-refractivity contribution in [3.05, 3.63) is 24.3 Å². The maximum atomic E-state index is 8.81. The topological polar surface area (TPSA) is 17.1 Å². The van der Waals surface area contributed by atoms with E-state index in [0.717, 1.165) is 12.7 Å². The minimum absolute atomic E-state index is 0.750. The first-order valence-corrected chi connectivity index (χ1v) is 3.63. The highest BCUT2D eigenvalue weighted by atomic mass is 16.1. The molecule has 1 aliphatic rings. The van der Waals surface area contributed by atoms with Crippen LogP contribution in [0.2, 0.25) is 0 Å². The van der Waals surface area contributed by atoms with Gasteiger partial charge < -0.3 is 4.79 Å². The number of allylic oxidation sites excluding steroid dienone is 4. The predicted octanol–water partition coefficient (Wildman–Crippen LogP) is 2.73. The minimum atomic E-state index is 0.750. The van der Waals surface area contributed by atoms with Gasteiger partial charge in [-0.2, -0.15) is 0 Å². The van der Waals surface area contributed by atoms with E-state index >= 15 is 0 Å². The molecule has 1 rings (SSSR count). The SMILES string of the molecule is C1=CCC=C1.CC.CC=O. The Morgan fingerprint density at radius 1 is 1.20 bits per heavy atom. The molecule has 0 heterocycles. The van der Waals surface area contributed by atoms with Crippen LogP contribution in [-0.4, -0.2) is 6.29 Å². The summed E-state index contributed by atoms with van der Waals surface area (Å²) in [6, 6.07) is 0. The Morgan fingerprint density at radius 2 is 1.50 bits per heavy atom. The molecule has 0 spiro atoms. The average molecular weight is 140 g/mol. The Balaban J connectivity index is 0. The first kappa shape index (κ1) is 11.9. The summed E-state index contributed by atoms with van der Waals surface area (Å²) in [4.78, 5) is 8.81. The molecule has 0 aromatic heterocycles. The predicted molar refractivity (Wildman–Crippen MR) is 46.0 cm³/mol. The molecule has 10 heavy (non-hydrogen) atoms. The number of rotatable bonds is 0. The van der Waals surface area contributed by atoms with Crippen molar-refractivity contribution in [2.24, 2.45) is 0 Å². The van der Waals surface area contributed by atoms with Crippen LogP contribution < -0.4 is 0 Å². The van der Waals surface area contributed by atoms with Gasteiger partial charge in [-0.15, -0.1) is 0 Å². The summed E-state index contributed by atoms with van der Waals surface area (Å²) in [5.74, 6) is 0. The fraction of sp³-hybridized carbons (Fsp3) is 0.444. The Hall–Kier alpha value is -0.850. The summed E-state index contributed by atoms with van der Waals surface area (Å²) in [6.45, 7) is 5.44. The van der Waals surface area contributed by atoms with Crippen LogP contribution in [-0.2, 0) is 4.79 Å². The molecule has 0 aromatic rings. The van der Waals surface area contributed by atoms with Crippen LogP contribution in [0.25, 0.3) is 0 Å². The zero-order chi connectivity index (χ0) is 8.24. The van der Waals surface area contributed by atoms with Crippen molar-refractivity contribution in [2.75, 3.05) is 0 Å². The molecule has 0 bridgehead atoms. The van der Waals surface area contributed by atoms with Gasteiger partial charge in [0.2, 0.25) is 0 Å². The third kappa shape index (κ3) is 15.7. The highest BCUT2D eigenvalue weighted by molar-refractivity contribution is 5.44. The molecule has 0 atom stereocenters. The van der Waals surface area contributed by atoms with Crippen molar-refractivity contribution >= 4 is 6.29 Å². The Labute approximate surface area is 63.4 Å². The van der Waals surface area contributed by atoms with Crippen LogP contribution in [0.3, 0.4) is 0 Å². The van der Waals surface area contributed by atoms with E-state index in [2.05, 4.69) is 24.3 Å². The lowest BCUT2D eigenvalue weighted by Gasteiger charge is -1.57. The molecule has 0 unspecified atom stereocenters. The van der Waals surface area contributed by atoms with Crippen LogP contribution in [0.4, 0.5) is 0 Å². The van der Waals surface area contributed by atoms with Crippen molar-refractivity contribution in [3.63, 3.8) is 0 Å². The van der Waals surface area contributed by atoms with Crippen molar-refractivity contribution in [3.8, 4) is 0 Å². The second-order valence-corrected chi connectivity index (χ2v) is 1.33. The number of hydrogen-bond donors (Lipinski definition) is 0. The summed E-state index contributed by atoms with van der Waals surface area (Å²) in [5.41, 5.74) is 0. The fourth-order valence-electron chi connectivity index (χ4n) is 0.393. The molecule has 0 amide bonds.